The van der Waals surface area contributed by atoms with Gasteiger partial charge in [0.1, 0.15) is 6.10 Å². The zero-order chi connectivity index (χ0) is 22.0. The van der Waals surface area contributed by atoms with Crippen molar-refractivity contribution in [2.24, 2.45) is 0 Å². The number of cyclic esters (lactones) is 1. The van der Waals surface area contributed by atoms with Crippen LogP contribution in [0.5, 0.6) is 0 Å². The summed E-state index contributed by atoms with van der Waals surface area (Å²) in [6.07, 6.45) is -1.22. The van der Waals surface area contributed by atoms with Crippen molar-refractivity contribution in [3.8, 4) is 0 Å². The highest BCUT2D eigenvalue weighted by molar-refractivity contribution is 5.71. The highest BCUT2D eigenvalue weighted by Crippen LogP contribution is 2.25. The van der Waals surface area contributed by atoms with Gasteiger partial charge in [-0.05, 0) is 16.7 Å². The van der Waals surface area contributed by atoms with E-state index in [0.29, 0.717) is 19.8 Å². The van der Waals surface area contributed by atoms with Crippen LogP contribution in [0.1, 0.15) is 23.1 Å². The molecule has 0 amide bonds. The number of carbonyl (C=O) groups is 1. The standard InChI is InChI=1S/C27H28O5/c28-26-16-24(30-18-22-12-6-2-7-13-22)27(31-19-23-14-8-3-9-15-23)25(32-26)20-29-17-21-10-4-1-5-11-21/h1-15,24-25,27H,16-20H2/t24-,25?,27-/m1/s1. The third kappa shape index (κ3) is 6.50. The summed E-state index contributed by atoms with van der Waals surface area (Å²) in [6, 6.07) is 29.8. The third-order valence-electron chi connectivity index (χ3n) is 5.37. The van der Waals surface area contributed by atoms with E-state index >= 15 is 0 Å². The predicted molar refractivity (Wildman–Crippen MR) is 121 cm³/mol. The van der Waals surface area contributed by atoms with Gasteiger partial charge in [0.25, 0.3) is 0 Å². The van der Waals surface area contributed by atoms with Crippen LogP contribution in [-0.4, -0.2) is 30.9 Å². The maximum Gasteiger partial charge on any atom is 0.308 e. The average Bonchev–Trinajstić information content (AvgIpc) is 2.84. The first-order chi connectivity index (χ1) is 15.8. The van der Waals surface area contributed by atoms with E-state index < -0.39 is 18.3 Å². The second-order valence-electron chi connectivity index (χ2n) is 7.83. The van der Waals surface area contributed by atoms with Gasteiger partial charge in [-0.3, -0.25) is 4.79 Å². The largest absolute Gasteiger partial charge is 0.457 e. The molecule has 1 fully saturated rings. The Labute approximate surface area is 188 Å². The first-order valence-electron chi connectivity index (χ1n) is 10.9. The number of hydrogen-bond acceptors (Lipinski definition) is 5. The van der Waals surface area contributed by atoms with Gasteiger partial charge >= 0.3 is 5.97 Å². The fraction of sp³-hybridized carbons (Fsp3) is 0.296. The molecule has 166 valence electrons. The van der Waals surface area contributed by atoms with Crippen molar-refractivity contribution in [3.63, 3.8) is 0 Å². The number of rotatable bonds is 10. The van der Waals surface area contributed by atoms with E-state index in [0.717, 1.165) is 16.7 Å². The minimum Gasteiger partial charge on any atom is -0.457 e. The van der Waals surface area contributed by atoms with Crippen molar-refractivity contribution in [1.82, 2.24) is 0 Å². The van der Waals surface area contributed by atoms with Crippen LogP contribution >= 0.6 is 0 Å². The van der Waals surface area contributed by atoms with Gasteiger partial charge in [-0.15, -0.1) is 0 Å². The third-order valence-corrected chi connectivity index (χ3v) is 5.37. The molecule has 0 radical (unpaired) electrons. The average molecular weight is 433 g/mol. The molecule has 0 aromatic heterocycles. The molecule has 3 atom stereocenters. The van der Waals surface area contributed by atoms with Gasteiger partial charge in [0.15, 0.2) is 6.10 Å². The van der Waals surface area contributed by atoms with Crippen molar-refractivity contribution in [3.05, 3.63) is 108 Å². The Morgan fingerprint density at radius 2 is 1.19 bits per heavy atom. The van der Waals surface area contributed by atoms with Crippen LogP contribution in [0.4, 0.5) is 0 Å². The Morgan fingerprint density at radius 3 is 1.75 bits per heavy atom. The predicted octanol–water partition coefficient (Wildman–Crippen LogP) is 4.69. The molecular weight excluding hydrogens is 404 g/mol. The Bertz CT molecular complexity index is 946. The second-order valence-corrected chi connectivity index (χ2v) is 7.83. The summed E-state index contributed by atoms with van der Waals surface area (Å²) in [6.45, 7) is 1.49. The molecule has 0 saturated carbocycles. The Morgan fingerprint density at radius 1 is 0.688 bits per heavy atom. The van der Waals surface area contributed by atoms with Crippen LogP contribution in [0.3, 0.4) is 0 Å². The molecule has 0 aliphatic carbocycles. The molecule has 0 N–H and O–H groups in total. The number of carbonyl (C=O) groups excluding carboxylic acids is 1. The van der Waals surface area contributed by atoms with Gasteiger partial charge in [0.05, 0.1) is 39.0 Å². The summed E-state index contributed by atoms with van der Waals surface area (Å²) in [5.41, 5.74) is 3.16. The lowest BCUT2D eigenvalue weighted by Crippen LogP contribution is -2.51. The van der Waals surface area contributed by atoms with Gasteiger partial charge in [-0.25, -0.2) is 0 Å². The lowest BCUT2D eigenvalue weighted by Gasteiger charge is -2.37. The van der Waals surface area contributed by atoms with Crippen molar-refractivity contribution < 1.29 is 23.7 Å². The zero-order valence-electron chi connectivity index (χ0n) is 18.0. The summed E-state index contributed by atoms with van der Waals surface area (Å²) in [4.78, 5) is 12.3. The van der Waals surface area contributed by atoms with E-state index in [1.807, 2.05) is 91.0 Å². The van der Waals surface area contributed by atoms with Gasteiger partial charge in [-0.2, -0.15) is 0 Å². The molecule has 1 unspecified atom stereocenters. The molecule has 0 spiro atoms. The molecule has 1 aliphatic rings. The van der Waals surface area contributed by atoms with Crippen LogP contribution in [0.25, 0.3) is 0 Å². The van der Waals surface area contributed by atoms with Gasteiger partial charge in [-0.1, -0.05) is 91.0 Å². The quantitative estimate of drug-likeness (QED) is 0.435. The molecular formula is C27H28O5. The first kappa shape index (κ1) is 22.2. The SMILES string of the molecule is O=C1C[C@@H](OCc2ccccc2)[C@@H](OCc2ccccc2)C(COCc2ccccc2)O1. The Balaban J connectivity index is 1.42. The van der Waals surface area contributed by atoms with E-state index in [-0.39, 0.29) is 19.0 Å². The zero-order valence-corrected chi connectivity index (χ0v) is 18.0. The van der Waals surface area contributed by atoms with Gasteiger partial charge in [0.2, 0.25) is 0 Å². The number of benzene rings is 3. The fourth-order valence-electron chi connectivity index (χ4n) is 3.71. The van der Waals surface area contributed by atoms with E-state index in [1.54, 1.807) is 0 Å². The van der Waals surface area contributed by atoms with Crippen molar-refractivity contribution in [2.45, 2.75) is 44.6 Å². The minimum absolute atomic E-state index is 0.154. The molecule has 1 aliphatic heterocycles. The van der Waals surface area contributed by atoms with Crippen molar-refractivity contribution in [2.75, 3.05) is 6.61 Å². The summed E-state index contributed by atoms with van der Waals surface area (Å²) >= 11 is 0. The molecule has 4 rings (SSSR count). The highest BCUT2D eigenvalue weighted by atomic mass is 16.6. The molecule has 3 aromatic carbocycles. The van der Waals surface area contributed by atoms with Gasteiger partial charge < -0.3 is 18.9 Å². The summed E-state index contributed by atoms with van der Waals surface area (Å²) in [5.74, 6) is -0.295. The van der Waals surface area contributed by atoms with Crippen molar-refractivity contribution >= 4 is 5.97 Å². The molecule has 3 aromatic rings. The number of hydrogen-bond donors (Lipinski definition) is 0. The van der Waals surface area contributed by atoms with E-state index in [1.165, 1.54) is 0 Å². The maximum absolute atomic E-state index is 12.3. The first-order valence-corrected chi connectivity index (χ1v) is 10.9. The second kappa shape index (κ2) is 11.6. The summed E-state index contributed by atoms with van der Waals surface area (Å²) < 4.78 is 23.9. The van der Waals surface area contributed by atoms with E-state index in [9.17, 15) is 4.79 Å². The smallest absolute Gasteiger partial charge is 0.308 e. The molecule has 5 heteroatoms. The van der Waals surface area contributed by atoms with Crippen LogP contribution in [0, 0.1) is 0 Å². The van der Waals surface area contributed by atoms with Gasteiger partial charge in [0, 0.05) is 0 Å². The Kier molecular flexibility index (Phi) is 8.04. The monoisotopic (exact) mass is 432 g/mol. The molecule has 5 nitrogen and oxygen atoms in total. The maximum atomic E-state index is 12.3. The van der Waals surface area contributed by atoms with Crippen LogP contribution in [0.15, 0.2) is 91.0 Å². The van der Waals surface area contributed by atoms with Crippen LogP contribution in [-0.2, 0) is 43.6 Å². The lowest BCUT2D eigenvalue weighted by atomic mass is 10.0. The topological polar surface area (TPSA) is 54.0 Å². The highest BCUT2D eigenvalue weighted by Gasteiger charge is 2.40. The Hall–Kier alpha value is -2.99. The lowest BCUT2D eigenvalue weighted by molar-refractivity contribution is -0.205. The van der Waals surface area contributed by atoms with E-state index in [4.69, 9.17) is 18.9 Å². The van der Waals surface area contributed by atoms with E-state index in [2.05, 4.69) is 0 Å². The molecule has 32 heavy (non-hydrogen) atoms. The number of esters is 1. The normalized spacial score (nSPS) is 20.6. The molecule has 1 saturated heterocycles. The fourth-order valence-corrected chi connectivity index (χ4v) is 3.71. The minimum atomic E-state index is -0.538. The summed E-state index contributed by atoms with van der Waals surface area (Å²) in [7, 11) is 0. The van der Waals surface area contributed by atoms with Crippen molar-refractivity contribution in [1.29, 1.82) is 0 Å². The molecule has 0 bridgehead atoms. The molecule has 1 heterocycles. The number of ether oxygens (including phenoxy) is 4. The van der Waals surface area contributed by atoms with Crippen LogP contribution in [0.2, 0.25) is 0 Å². The summed E-state index contributed by atoms with van der Waals surface area (Å²) in [5, 5.41) is 0. The van der Waals surface area contributed by atoms with Crippen LogP contribution < -0.4 is 0 Å².